The molecule has 0 bridgehead atoms. The zero-order valence-electron chi connectivity index (χ0n) is 4.99. The molecule has 4 heteroatoms. The first-order chi connectivity index (χ1) is 4.20. The molecule has 54 valence electrons. The monoisotopic (exact) mass is 133 g/mol. The van der Waals surface area contributed by atoms with Crippen molar-refractivity contribution in [1.82, 2.24) is 5.32 Å². The number of hydrogen-bond acceptors (Lipinski definition) is 4. The van der Waals surface area contributed by atoms with Gasteiger partial charge in [-0.25, -0.2) is 0 Å². The molecule has 9 heavy (non-hydrogen) atoms. The number of aliphatic hydroxyl groups excluding tert-OH is 3. The third-order valence-corrected chi connectivity index (χ3v) is 1.47. The van der Waals surface area contributed by atoms with Crippen LogP contribution in [-0.2, 0) is 0 Å². The van der Waals surface area contributed by atoms with Crippen LogP contribution in [0.4, 0.5) is 0 Å². The maximum absolute atomic E-state index is 8.90. The SMILES string of the molecule is OC1CC(O)C(O)CN1. The van der Waals surface area contributed by atoms with Crippen molar-refractivity contribution < 1.29 is 15.3 Å². The molecule has 0 aromatic rings. The number of aliphatic hydroxyl groups is 3. The maximum atomic E-state index is 8.90. The molecule has 1 fully saturated rings. The van der Waals surface area contributed by atoms with E-state index in [-0.39, 0.29) is 13.0 Å². The normalized spacial score (nSPS) is 45.0. The number of hydrogen-bond donors (Lipinski definition) is 4. The molecule has 0 saturated carbocycles. The van der Waals surface area contributed by atoms with Crippen molar-refractivity contribution in [1.29, 1.82) is 0 Å². The lowest BCUT2D eigenvalue weighted by molar-refractivity contribution is -0.0526. The molecule has 1 rings (SSSR count). The van der Waals surface area contributed by atoms with Gasteiger partial charge < -0.3 is 15.3 Å². The first-order valence-corrected chi connectivity index (χ1v) is 2.97. The Labute approximate surface area is 53.1 Å². The summed E-state index contributed by atoms with van der Waals surface area (Å²) in [6, 6.07) is 0. The molecule has 0 aliphatic carbocycles. The van der Waals surface area contributed by atoms with Crippen LogP contribution in [0, 0.1) is 0 Å². The Balaban J connectivity index is 2.35. The van der Waals surface area contributed by atoms with Crippen LogP contribution in [0.1, 0.15) is 6.42 Å². The second-order valence-corrected chi connectivity index (χ2v) is 2.29. The van der Waals surface area contributed by atoms with E-state index >= 15 is 0 Å². The van der Waals surface area contributed by atoms with Gasteiger partial charge in [-0.05, 0) is 0 Å². The van der Waals surface area contributed by atoms with Gasteiger partial charge in [-0.15, -0.1) is 0 Å². The highest BCUT2D eigenvalue weighted by molar-refractivity contribution is 4.78. The van der Waals surface area contributed by atoms with Crippen molar-refractivity contribution >= 4 is 0 Å². The van der Waals surface area contributed by atoms with Crippen LogP contribution in [-0.4, -0.2) is 40.3 Å². The van der Waals surface area contributed by atoms with Crippen LogP contribution in [0.15, 0.2) is 0 Å². The van der Waals surface area contributed by atoms with Gasteiger partial charge in [-0.3, -0.25) is 5.32 Å². The van der Waals surface area contributed by atoms with E-state index < -0.39 is 18.4 Å². The van der Waals surface area contributed by atoms with Crippen LogP contribution in [0.25, 0.3) is 0 Å². The van der Waals surface area contributed by atoms with Crippen molar-refractivity contribution in [3.63, 3.8) is 0 Å². The minimum Gasteiger partial charge on any atom is -0.390 e. The first-order valence-electron chi connectivity index (χ1n) is 2.97. The molecule has 1 aliphatic heterocycles. The second-order valence-electron chi connectivity index (χ2n) is 2.29. The highest BCUT2D eigenvalue weighted by atomic mass is 16.3. The largest absolute Gasteiger partial charge is 0.390 e. The lowest BCUT2D eigenvalue weighted by atomic mass is 10.1. The summed E-state index contributed by atoms with van der Waals surface area (Å²) in [5.74, 6) is 0. The van der Waals surface area contributed by atoms with Crippen molar-refractivity contribution in [2.75, 3.05) is 6.54 Å². The van der Waals surface area contributed by atoms with E-state index in [1.807, 2.05) is 0 Å². The summed E-state index contributed by atoms with van der Waals surface area (Å²) in [4.78, 5) is 0. The minimum absolute atomic E-state index is 0.209. The summed E-state index contributed by atoms with van der Waals surface area (Å²) in [6.07, 6.45) is -1.96. The fourth-order valence-corrected chi connectivity index (χ4v) is 0.862. The van der Waals surface area contributed by atoms with Crippen LogP contribution < -0.4 is 5.32 Å². The van der Waals surface area contributed by atoms with Crippen molar-refractivity contribution in [2.45, 2.75) is 24.9 Å². The zero-order chi connectivity index (χ0) is 6.85. The average molecular weight is 133 g/mol. The molecule has 0 aromatic carbocycles. The lowest BCUT2D eigenvalue weighted by Gasteiger charge is -2.27. The van der Waals surface area contributed by atoms with Crippen molar-refractivity contribution in [3.8, 4) is 0 Å². The minimum atomic E-state index is -0.777. The first kappa shape index (κ1) is 6.95. The van der Waals surface area contributed by atoms with Gasteiger partial charge in [-0.2, -0.15) is 0 Å². The Morgan fingerprint density at radius 2 is 1.78 bits per heavy atom. The molecule has 1 aliphatic rings. The summed E-state index contributed by atoms with van der Waals surface area (Å²) in [7, 11) is 0. The number of nitrogens with one attached hydrogen (secondary N) is 1. The molecule has 0 amide bonds. The summed E-state index contributed by atoms with van der Waals surface area (Å²) in [6.45, 7) is 0.266. The summed E-state index contributed by atoms with van der Waals surface area (Å²) >= 11 is 0. The Hall–Kier alpha value is -0.160. The zero-order valence-corrected chi connectivity index (χ0v) is 4.99. The van der Waals surface area contributed by atoms with Crippen molar-refractivity contribution in [2.24, 2.45) is 0 Å². The summed E-state index contributed by atoms with van der Waals surface area (Å²) < 4.78 is 0. The van der Waals surface area contributed by atoms with Gasteiger partial charge in [0.15, 0.2) is 0 Å². The molecule has 0 aromatic heterocycles. The molecule has 3 atom stereocenters. The van der Waals surface area contributed by atoms with Gasteiger partial charge in [0.2, 0.25) is 0 Å². The molecular weight excluding hydrogens is 122 g/mol. The van der Waals surface area contributed by atoms with E-state index in [1.54, 1.807) is 0 Å². The van der Waals surface area contributed by atoms with Gasteiger partial charge in [0.05, 0.1) is 12.2 Å². The van der Waals surface area contributed by atoms with Gasteiger partial charge in [0, 0.05) is 13.0 Å². The predicted octanol–water partition coefficient (Wildman–Crippen LogP) is -1.98. The summed E-state index contributed by atoms with van der Waals surface area (Å²) in [5, 5.41) is 29.2. The van der Waals surface area contributed by atoms with Gasteiger partial charge in [0.1, 0.15) is 6.23 Å². The third kappa shape index (κ3) is 1.62. The topological polar surface area (TPSA) is 72.7 Å². The van der Waals surface area contributed by atoms with E-state index in [2.05, 4.69) is 5.32 Å². The molecule has 4 nitrogen and oxygen atoms in total. The molecule has 1 heterocycles. The van der Waals surface area contributed by atoms with Crippen LogP contribution >= 0.6 is 0 Å². The molecule has 0 radical (unpaired) electrons. The molecule has 1 saturated heterocycles. The third-order valence-electron chi connectivity index (χ3n) is 1.47. The molecular formula is C5H11NO3. The van der Waals surface area contributed by atoms with Gasteiger partial charge >= 0.3 is 0 Å². The standard InChI is InChI=1S/C5H11NO3/c7-3-1-5(9)6-2-4(3)8/h3-9H,1-2H2. The Bertz CT molecular complexity index is 98.2. The highest BCUT2D eigenvalue weighted by Crippen LogP contribution is 2.06. The van der Waals surface area contributed by atoms with Gasteiger partial charge in [0.25, 0.3) is 0 Å². The number of β-amino-alcohol motifs (C(OH)–C–C–N with tert-alkyl or cyclic N) is 1. The van der Waals surface area contributed by atoms with Gasteiger partial charge in [-0.1, -0.05) is 0 Å². The fourth-order valence-electron chi connectivity index (χ4n) is 0.862. The fraction of sp³-hybridized carbons (Fsp3) is 1.00. The Kier molecular flexibility index (Phi) is 2.02. The molecule has 4 N–H and O–H groups in total. The maximum Gasteiger partial charge on any atom is 0.107 e. The molecule has 3 unspecified atom stereocenters. The van der Waals surface area contributed by atoms with Crippen LogP contribution in [0.2, 0.25) is 0 Å². The Morgan fingerprint density at radius 1 is 1.11 bits per heavy atom. The summed E-state index contributed by atoms with van der Waals surface area (Å²) in [5.41, 5.74) is 0. The van der Waals surface area contributed by atoms with Crippen LogP contribution in [0.3, 0.4) is 0 Å². The lowest BCUT2D eigenvalue weighted by Crippen LogP contribution is -2.49. The number of piperidine rings is 1. The van der Waals surface area contributed by atoms with Crippen molar-refractivity contribution in [3.05, 3.63) is 0 Å². The smallest absolute Gasteiger partial charge is 0.107 e. The van der Waals surface area contributed by atoms with E-state index in [0.717, 1.165) is 0 Å². The number of rotatable bonds is 0. The van der Waals surface area contributed by atoms with E-state index in [4.69, 9.17) is 15.3 Å². The van der Waals surface area contributed by atoms with E-state index in [0.29, 0.717) is 0 Å². The predicted molar refractivity (Wildman–Crippen MR) is 30.6 cm³/mol. The molecule has 0 spiro atoms. The van der Waals surface area contributed by atoms with Crippen LogP contribution in [0.5, 0.6) is 0 Å². The van der Waals surface area contributed by atoms with E-state index in [1.165, 1.54) is 0 Å². The second kappa shape index (κ2) is 2.62. The Morgan fingerprint density at radius 3 is 2.22 bits per heavy atom. The quantitative estimate of drug-likeness (QED) is 0.309. The van der Waals surface area contributed by atoms with E-state index in [9.17, 15) is 0 Å². The highest BCUT2D eigenvalue weighted by Gasteiger charge is 2.24. The average Bonchev–Trinajstić information content (AvgIpc) is 1.80.